The highest BCUT2D eigenvalue weighted by atomic mass is 19.1. The SMILES string of the molecule is N#Cc1ccc(NC(=O)C(N)C2C[C@H]3CC(c4ccnc5ccc(F)cc45)C[C@H]3C2)nc1. The maximum Gasteiger partial charge on any atom is 0.242 e. The standard InChI is InChI=1S/C25H24FN5O/c26-19-2-3-22-21(11-19)20(5-6-29-22)17-7-15-9-18(10-16(15)8-17)24(28)25(32)31-23-4-1-14(12-27)13-30-23/h1-6,11,13,15-18,24H,7-10,28H2,(H,30,31,32)/t15-,16+,17?,18?,24?. The van der Waals surface area contributed by atoms with Crippen LogP contribution in [0.2, 0.25) is 0 Å². The topological polar surface area (TPSA) is 105 Å². The Morgan fingerprint density at radius 2 is 1.91 bits per heavy atom. The number of hydrogen-bond acceptors (Lipinski definition) is 5. The molecular weight excluding hydrogens is 405 g/mol. The number of halogens is 1. The molecule has 2 fully saturated rings. The lowest BCUT2D eigenvalue weighted by Gasteiger charge is -2.21. The van der Waals surface area contributed by atoms with Crippen LogP contribution >= 0.6 is 0 Å². The highest BCUT2D eigenvalue weighted by Gasteiger charge is 2.45. The maximum absolute atomic E-state index is 13.8. The van der Waals surface area contributed by atoms with E-state index < -0.39 is 6.04 Å². The van der Waals surface area contributed by atoms with Crippen LogP contribution in [-0.4, -0.2) is 21.9 Å². The van der Waals surface area contributed by atoms with E-state index in [1.165, 1.54) is 17.8 Å². The van der Waals surface area contributed by atoms with Crippen LogP contribution in [0.4, 0.5) is 10.2 Å². The average molecular weight is 429 g/mol. The van der Waals surface area contributed by atoms with Crippen LogP contribution < -0.4 is 11.1 Å². The van der Waals surface area contributed by atoms with E-state index in [0.29, 0.717) is 29.1 Å². The second kappa shape index (κ2) is 8.29. The predicted molar refractivity (Wildman–Crippen MR) is 119 cm³/mol. The van der Waals surface area contributed by atoms with Crippen molar-refractivity contribution in [3.8, 4) is 6.07 Å². The summed E-state index contributed by atoms with van der Waals surface area (Å²) in [5.41, 5.74) is 8.77. The Labute approximate surface area is 185 Å². The average Bonchev–Trinajstić information content (AvgIpc) is 3.38. The molecule has 0 spiro atoms. The van der Waals surface area contributed by atoms with Crippen LogP contribution in [0.15, 0.2) is 48.8 Å². The third-order valence-electron chi connectivity index (χ3n) is 7.18. The van der Waals surface area contributed by atoms with Crippen molar-refractivity contribution in [1.29, 1.82) is 5.26 Å². The van der Waals surface area contributed by atoms with Gasteiger partial charge in [-0.15, -0.1) is 0 Å². The number of nitriles is 1. The van der Waals surface area contributed by atoms with Gasteiger partial charge in [-0.3, -0.25) is 9.78 Å². The number of carbonyl (C=O) groups excluding carboxylic acids is 1. The number of hydrogen-bond donors (Lipinski definition) is 2. The van der Waals surface area contributed by atoms with Gasteiger partial charge in [-0.25, -0.2) is 9.37 Å². The number of carbonyl (C=O) groups is 1. The van der Waals surface area contributed by atoms with Crippen LogP contribution in [0.5, 0.6) is 0 Å². The summed E-state index contributed by atoms with van der Waals surface area (Å²) in [6.07, 6.45) is 7.15. The number of pyridine rings is 2. The molecule has 0 aliphatic heterocycles. The van der Waals surface area contributed by atoms with Gasteiger partial charge in [-0.1, -0.05) is 0 Å². The molecule has 2 aliphatic rings. The number of benzene rings is 1. The van der Waals surface area contributed by atoms with Gasteiger partial charge in [0.25, 0.3) is 0 Å². The van der Waals surface area contributed by atoms with Gasteiger partial charge in [-0.2, -0.15) is 5.26 Å². The molecule has 0 saturated heterocycles. The molecule has 7 heteroatoms. The molecule has 162 valence electrons. The number of aromatic nitrogens is 2. The monoisotopic (exact) mass is 429 g/mol. The van der Waals surface area contributed by atoms with Gasteiger partial charge in [-0.05, 0) is 91.3 Å². The van der Waals surface area contributed by atoms with Gasteiger partial charge < -0.3 is 11.1 Å². The second-order valence-electron chi connectivity index (χ2n) is 9.04. The first kappa shape index (κ1) is 20.5. The molecule has 6 nitrogen and oxygen atoms in total. The summed E-state index contributed by atoms with van der Waals surface area (Å²) in [7, 11) is 0. The van der Waals surface area contributed by atoms with Crippen LogP contribution in [0.3, 0.4) is 0 Å². The van der Waals surface area contributed by atoms with Crippen LogP contribution in [0, 0.1) is 34.9 Å². The Bertz CT molecular complexity index is 1190. The van der Waals surface area contributed by atoms with Crippen LogP contribution in [0.1, 0.15) is 42.7 Å². The van der Waals surface area contributed by atoms with Crippen molar-refractivity contribution in [2.24, 2.45) is 23.5 Å². The molecule has 0 radical (unpaired) electrons. The molecule has 2 aliphatic carbocycles. The smallest absolute Gasteiger partial charge is 0.242 e. The first-order chi connectivity index (χ1) is 15.5. The second-order valence-corrected chi connectivity index (χ2v) is 9.04. The van der Waals surface area contributed by atoms with Crippen molar-refractivity contribution >= 4 is 22.6 Å². The number of fused-ring (bicyclic) bond motifs is 2. The molecule has 3 N–H and O–H groups in total. The molecule has 1 aromatic carbocycles. The number of nitrogens with two attached hydrogens (primary N) is 1. The Morgan fingerprint density at radius 1 is 1.12 bits per heavy atom. The Kier molecular flexibility index (Phi) is 5.32. The summed E-state index contributed by atoms with van der Waals surface area (Å²) in [4.78, 5) is 21.1. The molecule has 2 heterocycles. The molecule has 5 atom stereocenters. The minimum atomic E-state index is -0.590. The summed E-state index contributed by atoms with van der Waals surface area (Å²) < 4.78 is 13.8. The normalized spacial score (nSPS) is 25.3. The zero-order chi connectivity index (χ0) is 22.2. The van der Waals surface area contributed by atoms with Crippen molar-refractivity contribution in [3.63, 3.8) is 0 Å². The van der Waals surface area contributed by atoms with Gasteiger partial charge in [0.05, 0.1) is 17.1 Å². The van der Waals surface area contributed by atoms with E-state index in [9.17, 15) is 9.18 Å². The van der Waals surface area contributed by atoms with Crippen molar-refractivity contribution in [2.45, 2.75) is 37.6 Å². The Hall–Kier alpha value is -3.37. The molecule has 1 amide bonds. The molecule has 32 heavy (non-hydrogen) atoms. The van der Waals surface area contributed by atoms with E-state index in [4.69, 9.17) is 11.0 Å². The fourth-order valence-corrected chi connectivity index (χ4v) is 5.66. The molecule has 0 bridgehead atoms. The zero-order valence-electron chi connectivity index (χ0n) is 17.5. The molecule has 3 aromatic rings. The summed E-state index contributed by atoms with van der Waals surface area (Å²) in [5, 5.41) is 12.5. The summed E-state index contributed by atoms with van der Waals surface area (Å²) in [6.45, 7) is 0. The number of rotatable bonds is 4. The van der Waals surface area contributed by atoms with E-state index in [1.807, 2.05) is 18.3 Å². The summed E-state index contributed by atoms with van der Waals surface area (Å²) in [6, 6.07) is 11.4. The highest BCUT2D eigenvalue weighted by molar-refractivity contribution is 5.94. The molecule has 2 saturated carbocycles. The third kappa shape index (κ3) is 3.82. The number of nitrogens with zero attached hydrogens (tertiary/aromatic N) is 3. The lowest BCUT2D eigenvalue weighted by atomic mass is 9.88. The number of amides is 1. The van der Waals surface area contributed by atoms with Gasteiger partial charge in [0, 0.05) is 17.8 Å². The van der Waals surface area contributed by atoms with Gasteiger partial charge in [0.2, 0.25) is 5.91 Å². The van der Waals surface area contributed by atoms with Crippen LogP contribution in [0.25, 0.3) is 10.9 Å². The lowest BCUT2D eigenvalue weighted by molar-refractivity contribution is -0.118. The summed E-state index contributed by atoms with van der Waals surface area (Å²) in [5.74, 6) is 1.49. The number of nitrogens with one attached hydrogen (secondary N) is 1. The van der Waals surface area contributed by atoms with Crippen molar-refractivity contribution < 1.29 is 9.18 Å². The van der Waals surface area contributed by atoms with Crippen molar-refractivity contribution in [3.05, 3.63) is 65.7 Å². The van der Waals surface area contributed by atoms with Crippen molar-refractivity contribution in [1.82, 2.24) is 9.97 Å². The van der Waals surface area contributed by atoms with E-state index in [1.54, 1.807) is 24.3 Å². The zero-order valence-corrected chi connectivity index (χ0v) is 17.5. The lowest BCUT2D eigenvalue weighted by Crippen LogP contribution is -2.41. The van der Waals surface area contributed by atoms with E-state index in [2.05, 4.69) is 15.3 Å². The van der Waals surface area contributed by atoms with Crippen molar-refractivity contribution in [2.75, 3.05) is 5.32 Å². The summed E-state index contributed by atoms with van der Waals surface area (Å²) >= 11 is 0. The molecule has 5 rings (SSSR count). The number of anilines is 1. The minimum Gasteiger partial charge on any atom is -0.320 e. The minimum absolute atomic E-state index is 0.135. The molecular formula is C25H24FN5O. The first-order valence-corrected chi connectivity index (χ1v) is 11.0. The van der Waals surface area contributed by atoms with E-state index in [0.717, 1.165) is 36.6 Å². The van der Waals surface area contributed by atoms with Gasteiger partial charge >= 0.3 is 0 Å². The Balaban J connectivity index is 1.23. The van der Waals surface area contributed by atoms with Crippen LogP contribution in [-0.2, 0) is 4.79 Å². The largest absolute Gasteiger partial charge is 0.320 e. The van der Waals surface area contributed by atoms with E-state index >= 15 is 0 Å². The predicted octanol–water partition coefficient (Wildman–Crippen LogP) is 4.13. The fraction of sp³-hybridized carbons (Fsp3) is 0.360. The molecule has 2 aromatic heterocycles. The Morgan fingerprint density at radius 3 is 2.59 bits per heavy atom. The first-order valence-electron chi connectivity index (χ1n) is 11.0. The quantitative estimate of drug-likeness (QED) is 0.649. The maximum atomic E-state index is 13.8. The third-order valence-corrected chi connectivity index (χ3v) is 7.18. The van der Waals surface area contributed by atoms with Gasteiger partial charge in [0.15, 0.2) is 0 Å². The van der Waals surface area contributed by atoms with Gasteiger partial charge in [0.1, 0.15) is 17.7 Å². The van der Waals surface area contributed by atoms with E-state index in [-0.39, 0.29) is 17.6 Å². The highest BCUT2D eigenvalue weighted by Crippen LogP contribution is 2.53. The molecule has 3 unspecified atom stereocenters. The fourth-order valence-electron chi connectivity index (χ4n) is 5.66.